The quantitative estimate of drug-likeness (QED) is 0.410. The molecule has 174 valence electrons. The maximum absolute atomic E-state index is 12.8. The number of aromatic nitrogens is 2. The van der Waals surface area contributed by atoms with Crippen molar-refractivity contribution < 1.29 is 14.3 Å². The monoisotopic (exact) mass is 485 g/mol. The van der Waals surface area contributed by atoms with Crippen LogP contribution in [0.3, 0.4) is 0 Å². The van der Waals surface area contributed by atoms with Crippen molar-refractivity contribution in [3.63, 3.8) is 0 Å². The predicted molar refractivity (Wildman–Crippen MR) is 134 cm³/mol. The number of hydrogen-bond donors (Lipinski definition) is 2. The molecule has 0 fully saturated rings. The summed E-state index contributed by atoms with van der Waals surface area (Å²) in [5.74, 6) is 0.387. The van der Waals surface area contributed by atoms with E-state index in [9.17, 15) is 9.59 Å². The van der Waals surface area contributed by atoms with E-state index in [-0.39, 0.29) is 18.4 Å². The topological polar surface area (TPSA) is 96.5 Å². The van der Waals surface area contributed by atoms with Gasteiger partial charge in [0.05, 0.1) is 18.9 Å². The number of rotatable bonds is 10. The molecule has 33 heavy (non-hydrogen) atoms. The highest BCUT2D eigenvalue weighted by Gasteiger charge is 2.22. The molecule has 0 saturated heterocycles. The number of amides is 2. The number of benzene rings is 2. The van der Waals surface area contributed by atoms with Gasteiger partial charge in [-0.05, 0) is 49.2 Å². The summed E-state index contributed by atoms with van der Waals surface area (Å²) in [6.45, 7) is 3.80. The summed E-state index contributed by atoms with van der Waals surface area (Å²) >= 11 is 2.68. The van der Waals surface area contributed by atoms with Crippen LogP contribution in [0.5, 0.6) is 5.75 Å². The van der Waals surface area contributed by atoms with Crippen LogP contribution in [0.2, 0.25) is 0 Å². The number of methoxy groups -OCH3 is 1. The predicted octanol–water partition coefficient (Wildman–Crippen LogP) is 4.43. The molecule has 3 aromatic rings. The highest BCUT2D eigenvalue weighted by molar-refractivity contribution is 8.02. The van der Waals surface area contributed by atoms with Gasteiger partial charge in [0, 0.05) is 18.4 Å². The lowest BCUT2D eigenvalue weighted by atomic mass is 10.1. The molecule has 2 aromatic carbocycles. The molecule has 0 aliphatic carbocycles. The molecule has 0 unspecified atom stereocenters. The first-order valence-corrected chi connectivity index (χ1v) is 12.1. The molecule has 1 atom stereocenters. The summed E-state index contributed by atoms with van der Waals surface area (Å²) in [4.78, 5) is 26.6. The summed E-state index contributed by atoms with van der Waals surface area (Å²) in [6, 6.07) is 15.1. The van der Waals surface area contributed by atoms with Crippen LogP contribution >= 0.6 is 23.1 Å². The zero-order valence-electron chi connectivity index (χ0n) is 19.0. The lowest BCUT2D eigenvalue weighted by Gasteiger charge is -2.20. The molecule has 0 spiro atoms. The number of nitrogens with zero attached hydrogens (tertiary/aromatic N) is 3. The Morgan fingerprint density at radius 2 is 1.88 bits per heavy atom. The highest BCUT2D eigenvalue weighted by atomic mass is 32.2. The SMILES string of the molecule is CCc1ccccc1NC(=O)CN(C)C(=O)[C@@H](C)Sc1nnc(Nc2ccc(OC)cc2)s1. The molecular weight excluding hydrogens is 458 g/mol. The van der Waals surface area contributed by atoms with Gasteiger partial charge >= 0.3 is 0 Å². The molecule has 3 rings (SSSR count). The van der Waals surface area contributed by atoms with Gasteiger partial charge < -0.3 is 20.3 Å². The molecule has 8 nitrogen and oxygen atoms in total. The summed E-state index contributed by atoms with van der Waals surface area (Å²) in [7, 11) is 3.25. The second-order valence-corrected chi connectivity index (χ2v) is 9.81. The van der Waals surface area contributed by atoms with Gasteiger partial charge in [-0.3, -0.25) is 9.59 Å². The number of carbonyl (C=O) groups excluding carboxylic acids is 2. The number of aryl methyl sites for hydroxylation is 1. The van der Waals surface area contributed by atoms with Crippen molar-refractivity contribution in [1.82, 2.24) is 15.1 Å². The lowest BCUT2D eigenvalue weighted by molar-refractivity contribution is -0.132. The summed E-state index contributed by atoms with van der Waals surface area (Å²) in [5, 5.41) is 14.6. The minimum absolute atomic E-state index is 0.0256. The Labute approximate surface area is 201 Å². The van der Waals surface area contributed by atoms with Crippen molar-refractivity contribution in [2.45, 2.75) is 29.9 Å². The molecule has 0 bridgehead atoms. The first-order chi connectivity index (χ1) is 15.9. The van der Waals surface area contributed by atoms with Crippen molar-refractivity contribution in [2.75, 3.05) is 31.3 Å². The maximum atomic E-state index is 12.8. The van der Waals surface area contributed by atoms with E-state index in [0.717, 1.165) is 29.1 Å². The fourth-order valence-electron chi connectivity index (χ4n) is 3.05. The molecule has 0 saturated carbocycles. The van der Waals surface area contributed by atoms with E-state index in [1.165, 1.54) is 28.0 Å². The Hall–Kier alpha value is -3.11. The smallest absolute Gasteiger partial charge is 0.243 e. The van der Waals surface area contributed by atoms with Crippen molar-refractivity contribution in [1.29, 1.82) is 0 Å². The van der Waals surface area contributed by atoms with Crippen LogP contribution < -0.4 is 15.4 Å². The van der Waals surface area contributed by atoms with Gasteiger partial charge in [0.15, 0.2) is 4.34 Å². The van der Waals surface area contributed by atoms with Crippen LogP contribution in [0.4, 0.5) is 16.5 Å². The van der Waals surface area contributed by atoms with Gasteiger partial charge in [-0.2, -0.15) is 0 Å². The van der Waals surface area contributed by atoms with Gasteiger partial charge in [-0.25, -0.2) is 0 Å². The van der Waals surface area contributed by atoms with Crippen LogP contribution in [0, 0.1) is 0 Å². The van der Waals surface area contributed by atoms with E-state index in [1.807, 2.05) is 55.5 Å². The molecule has 1 aromatic heterocycles. The van der Waals surface area contributed by atoms with Crippen LogP contribution in [-0.2, 0) is 16.0 Å². The molecule has 0 aliphatic heterocycles. The average Bonchev–Trinajstić information content (AvgIpc) is 3.25. The van der Waals surface area contributed by atoms with E-state index in [2.05, 4.69) is 20.8 Å². The normalized spacial score (nSPS) is 11.5. The lowest BCUT2D eigenvalue weighted by Crippen LogP contribution is -2.39. The number of nitrogens with one attached hydrogen (secondary N) is 2. The summed E-state index contributed by atoms with van der Waals surface area (Å²) < 4.78 is 5.82. The van der Waals surface area contributed by atoms with Crippen LogP contribution in [-0.4, -0.2) is 52.9 Å². The number of anilines is 3. The maximum Gasteiger partial charge on any atom is 0.243 e. The Balaban J connectivity index is 1.51. The number of carbonyl (C=O) groups is 2. The van der Waals surface area contributed by atoms with Crippen molar-refractivity contribution in [2.24, 2.45) is 0 Å². The second kappa shape index (κ2) is 11.7. The summed E-state index contributed by atoms with van der Waals surface area (Å²) in [5.41, 5.74) is 2.70. The van der Waals surface area contributed by atoms with Gasteiger partial charge in [0.2, 0.25) is 16.9 Å². The highest BCUT2D eigenvalue weighted by Crippen LogP contribution is 2.31. The van der Waals surface area contributed by atoms with Crippen molar-refractivity contribution >= 4 is 51.4 Å². The third-order valence-electron chi connectivity index (χ3n) is 4.80. The Morgan fingerprint density at radius 3 is 2.58 bits per heavy atom. The number of para-hydroxylation sites is 1. The minimum atomic E-state index is -0.410. The fourth-order valence-corrected chi connectivity index (χ4v) is 5.08. The number of thioether (sulfide) groups is 1. The van der Waals surface area contributed by atoms with Gasteiger partial charge in [0.25, 0.3) is 0 Å². The zero-order chi connectivity index (χ0) is 23.8. The second-order valence-electron chi connectivity index (χ2n) is 7.24. The van der Waals surface area contributed by atoms with Gasteiger partial charge in [0.1, 0.15) is 5.75 Å². The third-order valence-corrected chi connectivity index (χ3v) is 6.81. The van der Waals surface area contributed by atoms with E-state index < -0.39 is 5.25 Å². The molecule has 2 N–H and O–H groups in total. The molecule has 0 radical (unpaired) electrons. The van der Waals surface area contributed by atoms with Crippen LogP contribution in [0.1, 0.15) is 19.4 Å². The van der Waals surface area contributed by atoms with Crippen LogP contribution in [0.25, 0.3) is 0 Å². The minimum Gasteiger partial charge on any atom is -0.497 e. The third kappa shape index (κ3) is 6.93. The summed E-state index contributed by atoms with van der Waals surface area (Å²) in [6.07, 6.45) is 0.816. The first-order valence-electron chi connectivity index (χ1n) is 10.4. The average molecular weight is 486 g/mol. The Morgan fingerprint density at radius 1 is 1.15 bits per heavy atom. The van der Waals surface area contributed by atoms with Gasteiger partial charge in [-0.15, -0.1) is 10.2 Å². The molecule has 2 amide bonds. The van der Waals surface area contributed by atoms with Crippen LogP contribution in [0.15, 0.2) is 52.9 Å². The molecule has 10 heteroatoms. The number of ether oxygens (including phenoxy) is 1. The van der Waals surface area contributed by atoms with Gasteiger partial charge in [-0.1, -0.05) is 48.2 Å². The Kier molecular flexibility index (Phi) is 8.67. The zero-order valence-corrected chi connectivity index (χ0v) is 20.6. The Bertz CT molecular complexity index is 1090. The van der Waals surface area contributed by atoms with E-state index in [4.69, 9.17) is 4.74 Å². The van der Waals surface area contributed by atoms with Crippen molar-refractivity contribution in [3.05, 3.63) is 54.1 Å². The molecular formula is C23H27N5O3S2. The van der Waals surface area contributed by atoms with E-state index in [1.54, 1.807) is 21.1 Å². The first kappa shape index (κ1) is 24.5. The van der Waals surface area contributed by atoms with Crippen molar-refractivity contribution in [3.8, 4) is 5.75 Å². The molecule has 0 aliphatic rings. The standard InChI is InChI=1S/C23H27N5O3S2/c1-5-16-8-6-7-9-19(16)25-20(29)14-28(3)21(30)15(2)32-23-27-26-22(33-23)24-17-10-12-18(31-4)13-11-17/h6-13,15H,5,14H2,1-4H3,(H,24,26)(H,25,29)/t15-/m1/s1. The number of hydrogen-bond acceptors (Lipinski definition) is 8. The van der Waals surface area contributed by atoms with E-state index in [0.29, 0.717) is 9.47 Å². The largest absolute Gasteiger partial charge is 0.497 e. The fraction of sp³-hybridized carbons (Fsp3) is 0.304. The molecule has 1 heterocycles. The van der Waals surface area contributed by atoms with E-state index >= 15 is 0 Å². The number of likely N-dealkylation sites (N-methyl/N-ethyl adjacent to an activating group) is 1.